The van der Waals surface area contributed by atoms with E-state index in [4.69, 9.17) is 19.9 Å². The summed E-state index contributed by atoms with van der Waals surface area (Å²) >= 11 is 0. The molecule has 0 spiro atoms. The van der Waals surface area contributed by atoms with Crippen LogP contribution in [0.1, 0.15) is 5.56 Å². The third kappa shape index (κ3) is 2.77. The third-order valence-corrected chi connectivity index (χ3v) is 3.62. The zero-order valence-corrected chi connectivity index (χ0v) is 11.8. The van der Waals surface area contributed by atoms with Crippen LogP contribution in [0.15, 0.2) is 12.1 Å². The summed E-state index contributed by atoms with van der Waals surface area (Å²) in [5, 5.41) is 3.39. The van der Waals surface area contributed by atoms with Gasteiger partial charge in [0.15, 0.2) is 0 Å². The van der Waals surface area contributed by atoms with E-state index in [2.05, 4.69) is 5.32 Å². The lowest BCUT2D eigenvalue weighted by Crippen LogP contribution is -2.52. The summed E-state index contributed by atoms with van der Waals surface area (Å²) in [4.78, 5) is 0. The van der Waals surface area contributed by atoms with Crippen molar-refractivity contribution in [1.82, 2.24) is 0 Å². The van der Waals surface area contributed by atoms with Gasteiger partial charge >= 0.3 is 0 Å². The van der Waals surface area contributed by atoms with Gasteiger partial charge in [0.05, 0.1) is 33.1 Å². The highest BCUT2D eigenvalue weighted by Gasteiger charge is 2.37. The number of nitrogens with one attached hydrogen (secondary N) is 1. The summed E-state index contributed by atoms with van der Waals surface area (Å²) in [5.41, 5.74) is 7.82. The standard InChI is InChI=1S/C14H22N2O3/c1-10-4-13(18-3)11(5-12(10)17-2)16-7-14(6-15)8-19-9-14/h4-5,16H,6-9,15H2,1-3H3. The first kappa shape index (κ1) is 14.0. The number of rotatable bonds is 6. The Balaban J connectivity index is 2.14. The van der Waals surface area contributed by atoms with E-state index in [0.29, 0.717) is 19.8 Å². The molecule has 1 heterocycles. The molecule has 0 radical (unpaired) electrons. The molecular weight excluding hydrogens is 244 g/mol. The third-order valence-electron chi connectivity index (χ3n) is 3.62. The molecule has 5 nitrogen and oxygen atoms in total. The molecule has 19 heavy (non-hydrogen) atoms. The van der Waals surface area contributed by atoms with E-state index in [-0.39, 0.29) is 5.41 Å². The summed E-state index contributed by atoms with van der Waals surface area (Å²) in [6.07, 6.45) is 0. The first-order valence-electron chi connectivity index (χ1n) is 6.38. The number of ether oxygens (including phenoxy) is 3. The molecule has 0 bridgehead atoms. The lowest BCUT2D eigenvalue weighted by Gasteiger charge is -2.40. The van der Waals surface area contributed by atoms with Gasteiger partial charge in [-0.15, -0.1) is 0 Å². The van der Waals surface area contributed by atoms with E-state index in [0.717, 1.165) is 29.3 Å². The topological polar surface area (TPSA) is 65.7 Å². The smallest absolute Gasteiger partial charge is 0.142 e. The van der Waals surface area contributed by atoms with Crippen LogP contribution < -0.4 is 20.5 Å². The first-order valence-corrected chi connectivity index (χ1v) is 6.38. The highest BCUT2D eigenvalue weighted by molar-refractivity contribution is 5.62. The van der Waals surface area contributed by atoms with Crippen LogP contribution in [0.3, 0.4) is 0 Å². The summed E-state index contributed by atoms with van der Waals surface area (Å²) in [6, 6.07) is 3.92. The van der Waals surface area contributed by atoms with Crippen LogP contribution in [0.25, 0.3) is 0 Å². The van der Waals surface area contributed by atoms with E-state index in [1.54, 1.807) is 14.2 Å². The van der Waals surface area contributed by atoms with Crippen molar-refractivity contribution in [2.45, 2.75) is 6.92 Å². The van der Waals surface area contributed by atoms with E-state index < -0.39 is 0 Å². The van der Waals surface area contributed by atoms with Crippen molar-refractivity contribution in [3.05, 3.63) is 17.7 Å². The van der Waals surface area contributed by atoms with Gasteiger partial charge < -0.3 is 25.3 Å². The Bertz CT molecular complexity index is 439. The van der Waals surface area contributed by atoms with Gasteiger partial charge in [-0.3, -0.25) is 0 Å². The second kappa shape index (κ2) is 5.67. The van der Waals surface area contributed by atoms with Crippen LogP contribution in [0, 0.1) is 12.3 Å². The van der Waals surface area contributed by atoms with Gasteiger partial charge in [-0.25, -0.2) is 0 Å². The molecule has 1 saturated heterocycles. The molecule has 0 atom stereocenters. The number of methoxy groups -OCH3 is 2. The maximum absolute atomic E-state index is 5.81. The average molecular weight is 266 g/mol. The second-order valence-electron chi connectivity index (χ2n) is 5.07. The molecule has 0 aromatic heterocycles. The lowest BCUT2D eigenvalue weighted by molar-refractivity contribution is -0.0979. The molecule has 1 fully saturated rings. The Hall–Kier alpha value is -1.46. The van der Waals surface area contributed by atoms with Crippen molar-refractivity contribution >= 4 is 5.69 Å². The molecule has 2 rings (SSSR count). The van der Waals surface area contributed by atoms with Crippen molar-refractivity contribution in [2.75, 3.05) is 45.8 Å². The fourth-order valence-electron chi connectivity index (χ4n) is 2.15. The number of hydrogen-bond donors (Lipinski definition) is 2. The zero-order chi connectivity index (χ0) is 13.9. The summed E-state index contributed by atoms with van der Waals surface area (Å²) in [6.45, 7) is 4.80. The van der Waals surface area contributed by atoms with Crippen LogP contribution >= 0.6 is 0 Å². The van der Waals surface area contributed by atoms with Crippen LogP contribution in [-0.2, 0) is 4.74 Å². The quantitative estimate of drug-likeness (QED) is 0.814. The van der Waals surface area contributed by atoms with Crippen molar-refractivity contribution in [2.24, 2.45) is 11.1 Å². The van der Waals surface area contributed by atoms with Gasteiger partial charge in [-0.2, -0.15) is 0 Å². The van der Waals surface area contributed by atoms with E-state index in [1.165, 1.54) is 0 Å². The monoisotopic (exact) mass is 266 g/mol. The van der Waals surface area contributed by atoms with Crippen molar-refractivity contribution in [3.8, 4) is 11.5 Å². The van der Waals surface area contributed by atoms with Gasteiger partial charge in [-0.1, -0.05) is 0 Å². The van der Waals surface area contributed by atoms with E-state index in [1.807, 2.05) is 19.1 Å². The molecule has 106 valence electrons. The van der Waals surface area contributed by atoms with Crippen LogP contribution in [0.2, 0.25) is 0 Å². The Morgan fingerprint density at radius 3 is 2.42 bits per heavy atom. The lowest BCUT2D eigenvalue weighted by atomic mass is 9.86. The van der Waals surface area contributed by atoms with Crippen LogP contribution in [0.5, 0.6) is 11.5 Å². The maximum Gasteiger partial charge on any atom is 0.142 e. The van der Waals surface area contributed by atoms with Crippen LogP contribution in [-0.4, -0.2) is 40.5 Å². The predicted octanol–water partition coefficient (Wildman–Crippen LogP) is 1.40. The molecule has 0 aliphatic carbocycles. The van der Waals surface area contributed by atoms with Gasteiger partial charge in [0.1, 0.15) is 11.5 Å². The minimum Gasteiger partial charge on any atom is -0.496 e. The molecule has 1 aliphatic rings. The molecule has 1 aromatic rings. The molecule has 1 aromatic carbocycles. The molecule has 3 N–H and O–H groups in total. The Kier molecular flexibility index (Phi) is 4.17. The molecule has 0 amide bonds. The molecule has 1 aliphatic heterocycles. The number of nitrogens with two attached hydrogens (primary N) is 1. The molecular formula is C14H22N2O3. The second-order valence-corrected chi connectivity index (χ2v) is 5.07. The van der Waals surface area contributed by atoms with Crippen molar-refractivity contribution in [3.63, 3.8) is 0 Å². The Labute approximate surface area is 114 Å². The maximum atomic E-state index is 5.81. The molecule has 5 heteroatoms. The Morgan fingerprint density at radius 1 is 1.26 bits per heavy atom. The summed E-state index contributed by atoms with van der Waals surface area (Å²) in [7, 11) is 3.33. The summed E-state index contributed by atoms with van der Waals surface area (Å²) < 4.78 is 16.0. The minimum absolute atomic E-state index is 0.0448. The van der Waals surface area contributed by atoms with Gasteiger partial charge in [-0.05, 0) is 18.6 Å². The minimum atomic E-state index is 0.0448. The summed E-state index contributed by atoms with van der Waals surface area (Å²) in [5.74, 6) is 1.65. The predicted molar refractivity (Wildman–Crippen MR) is 75.1 cm³/mol. The normalized spacial score (nSPS) is 16.6. The number of hydrogen-bond acceptors (Lipinski definition) is 5. The number of benzene rings is 1. The molecule has 0 unspecified atom stereocenters. The Morgan fingerprint density at radius 2 is 1.95 bits per heavy atom. The first-order chi connectivity index (χ1) is 9.14. The average Bonchev–Trinajstić information content (AvgIpc) is 2.38. The largest absolute Gasteiger partial charge is 0.496 e. The zero-order valence-electron chi connectivity index (χ0n) is 11.8. The fraction of sp³-hybridized carbons (Fsp3) is 0.571. The van der Waals surface area contributed by atoms with E-state index in [9.17, 15) is 0 Å². The van der Waals surface area contributed by atoms with E-state index >= 15 is 0 Å². The van der Waals surface area contributed by atoms with Crippen LogP contribution in [0.4, 0.5) is 5.69 Å². The SMILES string of the molecule is COc1cc(NCC2(CN)COC2)c(OC)cc1C. The number of aryl methyl sites for hydroxylation is 1. The fourth-order valence-corrected chi connectivity index (χ4v) is 2.15. The van der Waals surface area contributed by atoms with Gasteiger partial charge in [0.25, 0.3) is 0 Å². The highest BCUT2D eigenvalue weighted by atomic mass is 16.5. The molecule has 0 saturated carbocycles. The highest BCUT2D eigenvalue weighted by Crippen LogP contribution is 2.34. The van der Waals surface area contributed by atoms with Gasteiger partial charge in [0.2, 0.25) is 0 Å². The van der Waals surface area contributed by atoms with Crippen molar-refractivity contribution < 1.29 is 14.2 Å². The van der Waals surface area contributed by atoms with Crippen molar-refractivity contribution in [1.29, 1.82) is 0 Å². The number of anilines is 1. The van der Waals surface area contributed by atoms with Gasteiger partial charge in [0, 0.05) is 24.6 Å².